The van der Waals surface area contributed by atoms with Gasteiger partial charge in [0.15, 0.2) is 0 Å². The Morgan fingerprint density at radius 3 is 2.16 bits per heavy atom. The molecule has 1 spiro atoms. The summed E-state index contributed by atoms with van der Waals surface area (Å²) in [6, 6.07) is 8.51. The summed E-state index contributed by atoms with van der Waals surface area (Å²) in [5.74, 6) is 0.288. The maximum absolute atomic E-state index is 12.6. The molecule has 1 amide bonds. The van der Waals surface area contributed by atoms with Gasteiger partial charge in [0.1, 0.15) is 11.4 Å². The van der Waals surface area contributed by atoms with Gasteiger partial charge in [0, 0.05) is 25.8 Å². The van der Waals surface area contributed by atoms with Gasteiger partial charge in [0.05, 0.1) is 6.04 Å². The number of benzene rings is 1. The first-order valence-electron chi connectivity index (χ1n) is 9.32. The van der Waals surface area contributed by atoms with Crippen molar-refractivity contribution in [2.75, 3.05) is 6.54 Å². The van der Waals surface area contributed by atoms with Crippen molar-refractivity contribution < 1.29 is 14.3 Å². The number of rotatable bonds is 2. The lowest BCUT2D eigenvalue weighted by Crippen LogP contribution is -2.51. The Bertz CT molecular complexity index is 647. The highest BCUT2D eigenvalue weighted by Gasteiger charge is 2.44. The predicted octanol–water partition coefficient (Wildman–Crippen LogP) is 4.77. The zero-order valence-corrected chi connectivity index (χ0v) is 15.8. The van der Waals surface area contributed by atoms with Crippen LogP contribution in [0.3, 0.4) is 0 Å². The summed E-state index contributed by atoms with van der Waals surface area (Å²) in [7, 11) is 0. The lowest BCUT2D eigenvalue weighted by Gasteiger charge is -2.44. The van der Waals surface area contributed by atoms with E-state index in [0.717, 1.165) is 12.0 Å². The van der Waals surface area contributed by atoms with Crippen molar-refractivity contribution in [1.29, 1.82) is 0 Å². The predicted molar refractivity (Wildman–Crippen MR) is 97.6 cm³/mol. The van der Waals surface area contributed by atoms with Crippen LogP contribution >= 0.6 is 0 Å². The molecule has 1 unspecified atom stereocenters. The van der Waals surface area contributed by atoms with Crippen molar-refractivity contribution in [3.05, 3.63) is 35.4 Å². The van der Waals surface area contributed by atoms with Crippen LogP contribution in [0, 0.1) is 0 Å². The van der Waals surface area contributed by atoms with Gasteiger partial charge >= 0.3 is 6.09 Å². The van der Waals surface area contributed by atoms with Gasteiger partial charge in [0.25, 0.3) is 0 Å². The molecule has 4 heteroatoms. The van der Waals surface area contributed by atoms with E-state index in [4.69, 9.17) is 4.74 Å². The number of ether oxygens (including phenoxy) is 1. The SMILES string of the molecule is CC(c1ccc(C(C)(C)C)cc1)N1CCC2(CCC(=O)CC2)OC1=O. The largest absolute Gasteiger partial charge is 0.443 e. The minimum atomic E-state index is -0.405. The molecule has 136 valence electrons. The number of hydrogen-bond donors (Lipinski definition) is 0. The third-order valence-corrected chi connectivity index (χ3v) is 5.79. The molecule has 1 aromatic rings. The van der Waals surface area contributed by atoms with Crippen LogP contribution in [-0.4, -0.2) is 28.9 Å². The standard InChI is InChI=1S/C21H29NO3/c1-15(16-5-7-17(8-6-16)20(2,3)4)22-14-13-21(25-19(22)24)11-9-18(23)10-12-21/h5-8,15H,9-14H2,1-4H3. The molecule has 3 rings (SSSR count). The zero-order valence-electron chi connectivity index (χ0n) is 15.8. The molecule has 1 heterocycles. The third kappa shape index (κ3) is 3.73. The summed E-state index contributed by atoms with van der Waals surface area (Å²) >= 11 is 0. The van der Waals surface area contributed by atoms with Crippen LogP contribution in [0.1, 0.15) is 77.0 Å². The molecule has 25 heavy (non-hydrogen) atoms. The van der Waals surface area contributed by atoms with Gasteiger partial charge < -0.3 is 9.64 Å². The highest BCUT2D eigenvalue weighted by Crippen LogP contribution is 2.38. The average Bonchev–Trinajstić information content (AvgIpc) is 2.57. The second kappa shape index (κ2) is 6.47. The van der Waals surface area contributed by atoms with Crippen molar-refractivity contribution in [1.82, 2.24) is 4.90 Å². The van der Waals surface area contributed by atoms with Crippen LogP contribution in [0.5, 0.6) is 0 Å². The van der Waals surface area contributed by atoms with Gasteiger partial charge in [-0.15, -0.1) is 0 Å². The zero-order chi connectivity index (χ0) is 18.2. The lowest BCUT2D eigenvalue weighted by atomic mass is 9.80. The molecule has 0 aromatic heterocycles. The van der Waals surface area contributed by atoms with E-state index in [2.05, 4.69) is 52.0 Å². The maximum atomic E-state index is 12.6. The van der Waals surface area contributed by atoms with E-state index in [1.807, 2.05) is 4.90 Å². The number of Topliss-reactive ketones (excluding diaryl/α,β-unsaturated/α-hetero) is 1. The second-order valence-electron chi connectivity index (χ2n) is 8.58. The summed E-state index contributed by atoms with van der Waals surface area (Å²) in [5.41, 5.74) is 2.13. The van der Waals surface area contributed by atoms with E-state index in [9.17, 15) is 9.59 Å². The fraction of sp³-hybridized carbons (Fsp3) is 0.619. The minimum Gasteiger partial charge on any atom is -0.443 e. The number of nitrogens with zero attached hydrogens (tertiary/aromatic N) is 1. The van der Waals surface area contributed by atoms with Gasteiger partial charge in [-0.3, -0.25) is 4.79 Å². The van der Waals surface area contributed by atoms with E-state index >= 15 is 0 Å². The molecule has 0 N–H and O–H groups in total. The highest BCUT2D eigenvalue weighted by molar-refractivity contribution is 5.80. The Labute approximate surface area is 150 Å². The molecule has 0 bridgehead atoms. The van der Waals surface area contributed by atoms with Crippen molar-refractivity contribution in [2.24, 2.45) is 0 Å². The molecule has 1 aliphatic carbocycles. The van der Waals surface area contributed by atoms with Crippen LogP contribution in [0.15, 0.2) is 24.3 Å². The normalized spacial score (nSPS) is 22.0. The number of hydrogen-bond acceptors (Lipinski definition) is 3. The van der Waals surface area contributed by atoms with E-state index in [0.29, 0.717) is 32.2 Å². The van der Waals surface area contributed by atoms with Crippen molar-refractivity contribution in [3.63, 3.8) is 0 Å². The summed E-state index contributed by atoms with van der Waals surface area (Å²) in [5, 5.41) is 0. The summed E-state index contributed by atoms with van der Waals surface area (Å²) < 4.78 is 5.83. The van der Waals surface area contributed by atoms with Gasteiger partial charge in [0.2, 0.25) is 0 Å². The Morgan fingerprint density at radius 1 is 1.04 bits per heavy atom. The summed E-state index contributed by atoms with van der Waals surface area (Å²) in [6.07, 6.45) is 3.01. The fourth-order valence-corrected chi connectivity index (χ4v) is 3.84. The molecule has 1 aromatic carbocycles. The van der Waals surface area contributed by atoms with Crippen molar-refractivity contribution in [3.8, 4) is 0 Å². The molecule has 2 fully saturated rings. The summed E-state index contributed by atoms with van der Waals surface area (Å²) in [6.45, 7) is 9.33. The first kappa shape index (κ1) is 18.0. The van der Waals surface area contributed by atoms with Crippen LogP contribution in [-0.2, 0) is 14.9 Å². The van der Waals surface area contributed by atoms with Crippen molar-refractivity contribution >= 4 is 11.9 Å². The minimum absolute atomic E-state index is 0.0101. The Morgan fingerprint density at radius 2 is 1.64 bits per heavy atom. The van der Waals surface area contributed by atoms with Crippen LogP contribution in [0.2, 0.25) is 0 Å². The average molecular weight is 343 g/mol. The fourth-order valence-electron chi connectivity index (χ4n) is 3.84. The molecule has 2 aliphatic rings. The molecular formula is C21H29NO3. The second-order valence-corrected chi connectivity index (χ2v) is 8.58. The number of amides is 1. The molecule has 1 aliphatic heterocycles. The van der Waals surface area contributed by atoms with E-state index in [1.54, 1.807) is 0 Å². The first-order valence-corrected chi connectivity index (χ1v) is 9.32. The number of ketones is 1. The topological polar surface area (TPSA) is 46.6 Å². The highest BCUT2D eigenvalue weighted by atomic mass is 16.6. The molecule has 4 nitrogen and oxygen atoms in total. The lowest BCUT2D eigenvalue weighted by molar-refractivity contribution is -0.129. The number of carbonyl (C=O) groups is 2. The Balaban J connectivity index is 1.68. The number of carbonyl (C=O) groups excluding carboxylic acids is 2. The van der Waals surface area contributed by atoms with E-state index < -0.39 is 5.60 Å². The Kier molecular flexibility index (Phi) is 4.65. The quantitative estimate of drug-likeness (QED) is 0.777. The van der Waals surface area contributed by atoms with Gasteiger partial charge in [-0.2, -0.15) is 0 Å². The monoisotopic (exact) mass is 343 g/mol. The smallest absolute Gasteiger partial charge is 0.410 e. The van der Waals surface area contributed by atoms with Crippen LogP contribution in [0.25, 0.3) is 0 Å². The molecule has 1 saturated carbocycles. The van der Waals surface area contributed by atoms with E-state index in [1.165, 1.54) is 5.56 Å². The third-order valence-electron chi connectivity index (χ3n) is 5.79. The molecule has 0 radical (unpaired) electrons. The summed E-state index contributed by atoms with van der Waals surface area (Å²) in [4.78, 5) is 25.9. The van der Waals surface area contributed by atoms with Crippen LogP contribution in [0.4, 0.5) is 4.79 Å². The molecule has 1 saturated heterocycles. The van der Waals surface area contributed by atoms with E-state index in [-0.39, 0.29) is 23.3 Å². The van der Waals surface area contributed by atoms with Crippen molar-refractivity contribution in [2.45, 2.75) is 76.9 Å². The maximum Gasteiger partial charge on any atom is 0.410 e. The first-order chi connectivity index (χ1) is 11.7. The molecular weight excluding hydrogens is 314 g/mol. The Hall–Kier alpha value is -1.84. The molecule has 1 atom stereocenters. The van der Waals surface area contributed by atoms with Gasteiger partial charge in [-0.05, 0) is 36.3 Å². The van der Waals surface area contributed by atoms with Gasteiger partial charge in [-0.25, -0.2) is 4.79 Å². The van der Waals surface area contributed by atoms with Crippen LogP contribution < -0.4 is 0 Å². The van der Waals surface area contributed by atoms with Gasteiger partial charge in [-0.1, -0.05) is 45.0 Å².